The Morgan fingerprint density at radius 1 is 1.29 bits per heavy atom. The van der Waals surface area contributed by atoms with Crippen LogP contribution in [-0.2, 0) is 6.54 Å². The van der Waals surface area contributed by atoms with Crippen molar-refractivity contribution in [2.75, 3.05) is 11.4 Å². The zero-order valence-electron chi connectivity index (χ0n) is 11.9. The van der Waals surface area contributed by atoms with Crippen molar-refractivity contribution in [1.29, 1.82) is 0 Å². The summed E-state index contributed by atoms with van der Waals surface area (Å²) in [5.74, 6) is 1.05. The Bertz CT molecular complexity index is 705. The predicted molar refractivity (Wildman–Crippen MR) is 75.1 cm³/mol. The van der Waals surface area contributed by atoms with Crippen LogP contribution in [0.4, 0.5) is 5.95 Å². The van der Waals surface area contributed by atoms with E-state index in [1.54, 1.807) is 9.58 Å². The number of nitrogens with zero attached hydrogens (tertiary/aromatic N) is 6. The number of hydrogen-bond acceptors (Lipinski definition) is 5. The molecule has 0 radical (unpaired) electrons. The fourth-order valence-electron chi connectivity index (χ4n) is 2.77. The number of aryl methyl sites for hydroxylation is 2. The molecule has 0 aromatic carbocycles. The van der Waals surface area contributed by atoms with Crippen molar-refractivity contribution in [3.8, 4) is 0 Å². The molecule has 0 bridgehead atoms. The minimum atomic E-state index is -0.0712. The smallest absolute Gasteiger partial charge is 0.262 e. The topological polar surface area (TPSA) is 76.8 Å². The van der Waals surface area contributed by atoms with E-state index in [4.69, 9.17) is 0 Å². The Morgan fingerprint density at radius 2 is 2.14 bits per heavy atom. The predicted octanol–water partition coefficient (Wildman–Crippen LogP) is 1.30. The molecular weight excluding hydrogens is 268 g/mol. The average molecular weight is 284 g/mol. The quantitative estimate of drug-likeness (QED) is 0.831. The van der Waals surface area contributed by atoms with Crippen LogP contribution in [-0.4, -0.2) is 37.6 Å². The van der Waals surface area contributed by atoms with Gasteiger partial charge in [0.1, 0.15) is 0 Å². The standard InChI is InChI=1S/C14H16N6O/c1-9-11(5-6-12(15-9)10-3-4-10)13(21)19-7-2-8-20-14(19)16-17-18-20/h5-6,10H,2-4,7-8H2,1H3. The highest BCUT2D eigenvalue weighted by molar-refractivity contribution is 6.05. The summed E-state index contributed by atoms with van der Waals surface area (Å²) in [6.45, 7) is 3.29. The van der Waals surface area contributed by atoms with E-state index < -0.39 is 0 Å². The highest BCUT2D eigenvalue weighted by atomic mass is 16.2. The molecule has 2 aromatic rings. The minimum Gasteiger partial charge on any atom is -0.275 e. The second-order valence-corrected chi connectivity index (χ2v) is 5.66. The van der Waals surface area contributed by atoms with Crippen molar-refractivity contribution in [2.24, 2.45) is 0 Å². The molecule has 1 amide bonds. The highest BCUT2D eigenvalue weighted by Crippen LogP contribution is 2.39. The molecule has 21 heavy (non-hydrogen) atoms. The summed E-state index contributed by atoms with van der Waals surface area (Å²) in [7, 11) is 0. The molecule has 1 aliphatic heterocycles. The van der Waals surface area contributed by atoms with Gasteiger partial charge in [-0.1, -0.05) is 5.10 Å². The maximum atomic E-state index is 12.8. The first kappa shape index (κ1) is 12.4. The van der Waals surface area contributed by atoms with E-state index in [0.717, 1.165) is 24.4 Å². The molecule has 108 valence electrons. The summed E-state index contributed by atoms with van der Waals surface area (Å²) in [6, 6.07) is 3.87. The minimum absolute atomic E-state index is 0.0712. The van der Waals surface area contributed by atoms with Gasteiger partial charge in [0.25, 0.3) is 11.9 Å². The Balaban J connectivity index is 1.66. The Kier molecular flexibility index (Phi) is 2.73. The van der Waals surface area contributed by atoms with Gasteiger partial charge in [-0.25, -0.2) is 4.68 Å². The maximum absolute atomic E-state index is 12.8. The number of pyridine rings is 1. The third-order valence-electron chi connectivity index (χ3n) is 4.08. The van der Waals surface area contributed by atoms with Crippen LogP contribution >= 0.6 is 0 Å². The lowest BCUT2D eigenvalue weighted by Gasteiger charge is -2.25. The van der Waals surface area contributed by atoms with E-state index in [0.29, 0.717) is 24.0 Å². The van der Waals surface area contributed by atoms with Crippen LogP contribution in [0.1, 0.15) is 46.9 Å². The van der Waals surface area contributed by atoms with Crippen LogP contribution in [0, 0.1) is 6.92 Å². The van der Waals surface area contributed by atoms with Gasteiger partial charge in [0.05, 0.1) is 11.3 Å². The molecule has 1 fully saturated rings. The Labute approximate surface area is 122 Å². The van der Waals surface area contributed by atoms with Gasteiger partial charge in [0.2, 0.25) is 0 Å². The fourth-order valence-corrected chi connectivity index (χ4v) is 2.77. The average Bonchev–Trinajstić information content (AvgIpc) is 3.23. The normalized spacial score (nSPS) is 17.7. The maximum Gasteiger partial charge on any atom is 0.262 e. The molecule has 7 heteroatoms. The van der Waals surface area contributed by atoms with Gasteiger partial charge in [-0.2, -0.15) is 0 Å². The van der Waals surface area contributed by atoms with Crippen LogP contribution in [0.5, 0.6) is 0 Å². The molecule has 0 unspecified atom stereocenters. The second-order valence-electron chi connectivity index (χ2n) is 5.66. The summed E-state index contributed by atoms with van der Waals surface area (Å²) in [5, 5.41) is 11.5. The molecule has 3 heterocycles. The molecule has 4 rings (SSSR count). The van der Waals surface area contributed by atoms with Crippen molar-refractivity contribution in [2.45, 2.75) is 38.6 Å². The Morgan fingerprint density at radius 3 is 2.90 bits per heavy atom. The van der Waals surface area contributed by atoms with Crippen LogP contribution < -0.4 is 4.90 Å². The lowest BCUT2D eigenvalue weighted by Crippen LogP contribution is -2.38. The van der Waals surface area contributed by atoms with Gasteiger partial charge in [0, 0.05) is 24.7 Å². The van der Waals surface area contributed by atoms with E-state index in [2.05, 4.69) is 20.5 Å². The van der Waals surface area contributed by atoms with E-state index >= 15 is 0 Å². The summed E-state index contributed by atoms with van der Waals surface area (Å²) >= 11 is 0. The fraction of sp³-hybridized carbons (Fsp3) is 0.500. The number of rotatable bonds is 2. The summed E-state index contributed by atoms with van der Waals surface area (Å²) in [4.78, 5) is 19.0. The summed E-state index contributed by atoms with van der Waals surface area (Å²) in [5.41, 5.74) is 2.53. The monoisotopic (exact) mass is 284 g/mol. The second kappa shape index (κ2) is 4.61. The van der Waals surface area contributed by atoms with Gasteiger partial charge in [-0.05, 0) is 48.7 Å². The molecule has 0 spiro atoms. The van der Waals surface area contributed by atoms with E-state index in [-0.39, 0.29) is 5.91 Å². The number of hydrogen-bond donors (Lipinski definition) is 0. The van der Waals surface area contributed by atoms with E-state index in [9.17, 15) is 4.79 Å². The molecule has 7 nitrogen and oxygen atoms in total. The first-order chi connectivity index (χ1) is 10.2. The molecule has 0 saturated heterocycles. The first-order valence-corrected chi connectivity index (χ1v) is 7.29. The van der Waals surface area contributed by atoms with Gasteiger partial charge in [-0.3, -0.25) is 14.7 Å². The van der Waals surface area contributed by atoms with Crippen molar-refractivity contribution in [1.82, 2.24) is 25.2 Å². The van der Waals surface area contributed by atoms with Gasteiger partial charge >= 0.3 is 0 Å². The number of tetrazole rings is 1. The molecule has 1 saturated carbocycles. The van der Waals surface area contributed by atoms with Crippen molar-refractivity contribution in [3.05, 3.63) is 29.1 Å². The number of carbonyl (C=O) groups is 1. The Hall–Kier alpha value is -2.31. The molecule has 1 aliphatic carbocycles. The number of carbonyl (C=O) groups excluding carboxylic acids is 1. The zero-order chi connectivity index (χ0) is 14.4. The SMILES string of the molecule is Cc1nc(C2CC2)ccc1C(=O)N1CCCn2nnnc21. The third kappa shape index (κ3) is 2.09. The van der Waals surface area contributed by atoms with Gasteiger partial charge < -0.3 is 0 Å². The van der Waals surface area contributed by atoms with Gasteiger partial charge in [-0.15, -0.1) is 0 Å². The van der Waals surface area contributed by atoms with Crippen molar-refractivity contribution in [3.63, 3.8) is 0 Å². The molecular formula is C14H16N6O. The van der Waals surface area contributed by atoms with Crippen LogP contribution in [0.3, 0.4) is 0 Å². The van der Waals surface area contributed by atoms with Gasteiger partial charge in [0.15, 0.2) is 0 Å². The summed E-state index contributed by atoms with van der Waals surface area (Å²) in [6.07, 6.45) is 3.28. The number of aromatic nitrogens is 5. The van der Waals surface area contributed by atoms with Crippen LogP contribution in [0.2, 0.25) is 0 Å². The largest absolute Gasteiger partial charge is 0.275 e. The number of anilines is 1. The molecule has 0 N–H and O–H groups in total. The molecule has 2 aromatic heterocycles. The molecule has 0 atom stereocenters. The molecule has 2 aliphatic rings. The highest BCUT2D eigenvalue weighted by Gasteiger charge is 2.29. The summed E-state index contributed by atoms with van der Waals surface area (Å²) < 4.78 is 1.67. The first-order valence-electron chi connectivity index (χ1n) is 7.29. The lowest BCUT2D eigenvalue weighted by molar-refractivity contribution is 0.0979. The third-order valence-corrected chi connectivity index (χ3v) is 4.08. The number of fused-ring (bicyclic) bond motifs is 1. The number of amides is 1. The van der Waals surface area contributed by atoms with Crippen LogP contribution in [0.25, 0.3) is 0 Å². The lowest BCUT2D eigenvalue weighted by atomic mass is 10.1. The zero-order valence-corrected chi connectivity index (χ0v) is 11.9. The van der Waals surface area contributed by atoms with E-state index in [1.807, 2.05) is 19.1 Å². The van der Waals surface area contributed by atoms with Crippen LogP contribution in [0.15, 0.2) is 12.1 Å². The van der Waals surface area contributed by atoms with E-state index in [1.165, 1.54) is 12.8 Å². The van der Waals surface area contributed by atoms with Crippen molar-refractivity contribution < 1.29 is 4.79 Å². The van der Waals surface area contributed by atoms with Crippen molar-refractivity contribution >= 4 is 11.9 Å².